The standard InChI is InChI=1S/C23H26FN3O3/c1-27(9-3-4-14-12-26-20-7-5-15(24)10-18(14)20)16-11-19-17(23(25)28)6-8-21(29-2)22(19)30-13-16/h5-8,10,12,16,26H,3-4,9,11,13H2,1-2H3,(H2,25,28)/t16-/m1/s1. The van der Waals surface area contributed by atoms with E-state index in [1.54, 1.807) is 31.4 Å². The molecule has 3 N–H and O–H groups in total. The maximum Gasteiger partial charge on any atom is 0.249 e. The van der Waals surface area contributed by atoms with Crippen LogP contribution in [-0.4, -0.2) is 49.1 Å². The van der Waals surface area contributed by atoms with E-state index in [9.17, 15) is 9.18 Å². The summed E-state index contributed by atoms with van der Waals surface area (Å²) in [5.41, 5.74) is 8.91. The first-order valence-electron chi connectivity index (χ1n) is 10.1. The molecule has 0 aliphatic carbocycles. The van der Waals surface area contributed by atoms with Crippen LogP contribution in [0.15, 0.2) is 36.5 Å². The van der Waals surface area contributed by atoms with Crippen molar-refractivity contribution >= 4 is 16.8 Å². The van der Waals surface area contributed by atoms with Crippen LogP contribution in [0.4, 0.5) is 4.39 Å². The molecule has 0 radical (unpaired) electrons. The first-order chi connectivity index (χ1) is 14.5. The Kier molecular flexibility index (Phi) is 5.63. The minimum absolute atomic E-state index is 0.128. The maximum atomic E-state index is 13.6. The summed E-state index contributed by atoms with van der Waals surface area (Å²) in [7, 11) is 3.63. The van der Waals surface area contributed by atoms with E-state index >= 15 is 0 Å². The van der Waals surface area contributed by atoms with Crippen LogP contribution in [0, 0.1) is 5.82 Å². The number of ether oxygens (including phenoxy) is 2. The molecule has 7 heteroatoms. The van der Waals surface area contributed by atoms with Crippen molar-refractivity contribution in [2.45, 2.75) is 25.3 Å². The van der Waals surface area contributed by atoms with Crippen molar-refractivity contribution in [1.29, 1.82) is 0 Å². The Labute approximate surface area is 174 Å². The van der Waals surface area contributed by atoms with Gasteiger partial charge in [-0.1, -0.05) is 0 Å². The molecular formula is C23H26FN3O3. The number of aromatic amines is 1. The number of primary amides is 1. The van der Waals surface area contributed by atoms with Gasteiger partial charge in [0.05, 0.1) is 7.11 Å². The Morgan fingerprint density at radius 2 is 2.20 bits per heavy atom. The fraction of sp³-hybridized carbons (Fsp3) is 0.348. The highest BCUT2D eigenvalue weighted by Crippen LogP contribution is 2.37. The number of H-pyrrole nitrogens is 1. The van der Waals surface area contributed by atoms with Crippen molar-refractivity contribution in [1.82, 2.24) is 9.88 Å². The molecule has 30 heavy (non-hydrogen) atoms. The predicted molar refractivity (Wildman–Crippen MR) is 114 cm³/mol. The van der Waals surface area contributed by atoms with Crippen LogP contribution in [0.5, 0.6) is 11.5 Å². The first kappa shape index (κ1) is 20.2. The normalized spacial score (nSPS) is 15.8. The number of rotatable bonds is 7. The van der Waals surface area contributed by atoms with Gasteiger partial charge >= 0.3 is 0 Å². The van der Waals surface area contributed by atoms with E-state index in [0.717, 1.165) is 41.4 Å². The summed E-state index contributed by atoms with van der Waals surface area (Å²) in [6.07, 6.45) is 4.39. The van der Waals surface area contributed by atoms with Crippen molar-refractivity contribution < 1.29 is 18.7 Å². The van der Waals surface area contributed by atoms with Gasteiger partial charge in [0.2, 0.25) is 5.91 Å². The number of hydrogen-bond donors (Lipinski definition) is 2. The number of amides is 1. The largest absolute Gasteiger partial charge is 0.493 e. The van der Waals surface area contributed by atoms with E-state index in [-0.39, 0.29) is 11.9 Å². The maximum absolute atomic E-state index is 13.6. The summed E-state index contributed by atoms with van der Waals surface area (Å²) in [5.74, 6) is 0.536. The second kappa shape index (κ2) is 8.36. The molecule has 1 aliphatic heterocycles. The third-order valence-electron chi connectivity index (χ3n) is 5.88. The number of nitrogens with one attached hydrogen (secondary N) is 1. The van der Waals surface area contributed by atoms with Crippen molar-refractivity contribution in [2.24, 2.45) is 5.73 Å². The van der Waals surface area contributed by atoms with E-state index in [2.05, 4.69) is 16.9 Å². The van der Waals surface area contributed by atoms with E-state index in [1.807, 2.05) is 6.20 Å². The number of hydrogen-bond acceptors (Lipinski definition) is 4. The highest BCUT2D eigenvalue weighted by molar-refractivity contribution is 5.95. The molecule has 0 saturated heterocycles. The van der Waals surface area contributed by atoms with Gasteiger partial charge in [0.15, 0.2) is 11.5 Å². The Balaban J connectivity index is 1.42. The van der Waals surface area contributed by atoms with Crippen LogP contribution in [0.2, 0.25) is 0 Å². The number of likely N-dealkylation sites (N-methyl/N-ethyl adjacent to an activating group) is 1. The molecule has 158 valence electrons. The molecule has 3 aromatic rings. The minimum Gasteiger partial charge on any atom is -0.493 e. The summed E-state index contributed by atoms with van der Waals surface area (Å²) in [6.45, 7) is 1.36. The molecule has 0 saturated carbocycles. The van der Waals surface area contributed by atoms with Gasteiger partial charge in [0, 0.05) is 34.3 Å². The van der Waals surface area contributed by atoms with Crippen molar-refractivity contribution in [3.63, 3.8) is 0 Å². The third kappa shape index (κ3) is 3.85. The van der Waals surface area contributed by atoms with Gasteiger partial charge in [-0.25, -0.2) is 4.39 Å². The van der Waals surface area contributed by atoms with Crippen LogP contribution in [-0.2, 0) is 12.8 Å². The molecular weight excluding hydrogens is 385 g/mol. The zero-order valence-electron chi connectivity index (χ0n) is 17.2. The predicted octanol–water partition coefficient (Wildman–Crippen LogP) is 3.28. The number of nitrogens with zero attached hydrogens (tertiary/aromatic N) is 1. The van der Waals surface area contributed by atoms with Gasteiger partial charge in [0.1, 0.15) is 12.4 Å². The summed E-state index contributed by atoms with van der Waals surface area (Å²) < 4.78 is 24.9. The molecule has 4 rings (SSSR count). The molecule has 1 aliphatic rings. The lowest BCUT2D eigenvalue weighted by Crippen LogP contribution is -2.42. The smallest absolute Gasteiger partial charge is 0.249 e. The van der Waals surface area contributed by atoms with E-state index in [0.29, 0.717) is 30.1 Å². The Bertz CT molecular complexity index is 1080. The van der Waals surface area contributed by atoms with Crippen LogP contribution < -0.4 is 15.2 Å². The van der Waals surface area contributed by atoms with Gasteiger partial charge in [-0.05, 0) is 68.8 Å². The van der Waals surface area contributed by atoms with Crippen molar-refractivity contribution in [3.05, 3.63) is 59.0 Å². The van der Waals surface area contributed by atoms with Crippen molar-refractivity contribution in [2.75, 3.05) is 27.3 Å². The number of fused-ring (bicyclic) bond motifs is 2. The molecule has 2 aromatic carbocycles. The average Bonchev–Trinajstić information content (AvgIpc) is 3.14. The number of halogens is 1. The fourth-order valence-electron chi connectivity index (χ4n) is 4.17. The highest BCUT2D eigenvalue weighted by atomic mass is 19.1. The van der Waals surface area contributed by atoms with Gasteiger partial charge in [0.25, 0.3) is 0 Å². The zero-order chi connectivity index (χ0) is 21.3. The highest BCUT2D eigenvalue weighted by Gasteiger charge is 2.29. The van der Waals surface area contributed by atoms with Crippen LogP contribution in [0.3, 0.4) is 0 Å². The third-order valence-corrected chi connectivity index (χ3v) is 5.88. The average molecular weight is 411 g/mol. The van der Waals surface area contributed by atoms with Crippen molar-refractivity contribution in [3.8, 4) is 11.5 Å². The SMILES string of the molecule is COc1ccc(C(N)=O)c2c1OC[C@H](N(C)CCCc1c[nH]c3ccc(F)cc13)C2. The fourth-order valence-corrected chi connectivity index (χ4v) is 4.17. The topological polar surface area (TPSA) is 80.6 Å². The van der Waals surface area contributed by atoms with E-state index in [4.69, 9.17) is 15.2 Å². The summed E-state index contributed by atoms with van der Waals surface area (Å²) in [5, 5.41) is 0.936. The van der Waals surface area contributed by atoms with Gasteiger partial charge in [-0.15, -0.1) is 0 Å². The monoisotopic (exact) mass is 411 g/mol. The number of methoxy groups -OCH3 is 1. The van der Waals surface area contributed by atoms with Crippen LogP contribution in [0.25, 0.3) is 10.9 Å². The number of benzene rings is 2. The molecule has 2 heterocycles. The second-order valence-corrected chi connectivity index (χ2v) is 7.74. The van der Waals surface area contributed by atoms with Crippen LogP contribution in [0.1, 0.15) is 27.9 Å². The molecule has 6 nitrogen and oxygen atoms in total. The molecule has 1 aromatic heterocycles. The number of nitrogens with two attached hydrogens (primary N) is 1. The lowest BCUT2D eigenvalue weighted by Gasteiger charge is -2.33. The van der Waals surface area contributed by atoms with Gasteiger partial charge in [-0.3, -0.25) is 9.69 Å². The summed E-state index contributed by atoms with van der Waals surface area (Å²) in [4.78, 5) is 17.3. The lowest BCUT2D eigenvalue weighted by molar-refractivity contribution is 0.0993. The second-order valence-electron chi connectivity index (χ2n) is 7.74. The number of aryl methyl sites for hydroxylation is 1. The molecule has 1 atom stereocenters. The van der Waals surface area contributed by atoms with E-state index in [1.165, 1.54) is 6.07 Å². The molecule has 0 bridgehead atoms. The molecule has 1 amide bonds. The summed E-state index contributed by atoms with van der Waals surface area (Å²) in [6, 6.07) is 8.35. The van der Waals surface area contributed by atoms with E-state index < -0.39 is 5.91 Å². The van der Waals surface area contributed by atoms with Crippen LogP contribution >= 0.6 is 0 Å². The number of aromatic nitrogens is 1. The Hall–Kier alpha value is -3.06. The van der Waals surface area contributed by atoms with Gasteiger partial charge < -0.3 is 20.2 Å². The molecule has 0 unspecified atom stereocenters. The number of carbonyl (C=O) groups is 1. The molecule has 0 fully saturated rings. The first-order valence-corrected chi connectivity index (χ1v) is 10.1. The zero-order valence-corrected chi connectivity index (χ0v) is 17.2. The quantitative estimate of drug-likeness (QED) is 0.625. The number of carbonyl (C=O) groups excluding carboxylic acids is 1. The minimum atomic E-state index is -0.465. The Morgan fingerprint density at radius 1 is 1.37 bits per heavy atom. The van der Waals surface area contributed by atoms with Gasteiger partial charge in [-0.2, -0.15) is 0 Å². The Morgan fingerprint density at radius 3 is 2.97 bits per heavy atom. The summed E-state index contributed by atoms with van der Waals surface area (Å²) >= 11 is 0. The lowest BCUT2D eigenvalue weighted by atomic mass is 9.95. The molecule has 0 spiro atoms.